The van der Waals surface area contributed by atoms with Crippen molar-refractivity contribution in [2.45, 2.75) is 264 Å². The van der Waals surface area contributed by atoms with Gasteiger partial charge < -0.3 is 20.3 Å². The number of ether oxygens (including phenoxy) is 1. The van der Waals surface area contributed by atoms with Crippen LogP contribution in [-0.4, -0.2) is 46.9 Å². The molecule has 0 spiro atoms. The molecule has 0 bridgehead atoms. The van der Waals surface area contributed by atoms with Gasteiger partial charge in [0.25, 0.3) is 0 Å². The summed E-state index contributed by atoms with van der Waals surface area (Å²) >= 11 is 0. The van der Waals surface area contributed by atoms with E-state index in [9.17, 15) is 19.8 Å². The summed E-state index contributed by atoms with van der Waals surface area (Å²) in [7, 11) is 0. The van der Waals surface area contributed by atoms with Crippen molar-refractivity contribution in [3.63, 3.8) is 0 Å². The molecule has 0 saturated carbocycles. The third-order valence-corrected chi connectivity index (χ3v) is 10.6. The summed E-state index contributed by atoms with van der Waals surface area (Å²) in [5, 5.41) is 23.6. The van der Waals surface area contributed by atoms with E-state index in [1.165, 1.54) is 148 Å². The second-order valence-electron chi connectivity index (χ2n) is 15.8. The van der Waals surface area contributed by atoms with Crippen molar-refractivity contribution < 1.29 is 24.5 Å². The van der Waals surface area contributed by atoms with E-state index in [4.69, 9.17) is 4.74 Å². The average molecular weight is 736 g/mol. The quantitative estimate of drug-likeness (QED) is 0.0330. The van der Waals surface area contributed by atoms with Gasteiger partial charge in [-0.05, 0) is 51.4 Å². The molecule has 3 unspecified atom stereocenters. The maximum absolute atomic E-state index is 13.1. The van der Waals surface area contributed by atoms with Crippen molar-refractivity contribution in [2.75, 3.05) is 6.61 Å². The van der Waals surface area contributed by atoms with Crippen molar-refractivity contribution in [1.29, 1.82) is 0 Å². The molecule has 3 N–H and O–H groups in total. The highest BCUT2D eigenvalue weighted by Gasteiger charge is 2.24. The molecule has 0 aromatic rings. The number of carbonyl (C=O) groups excluding carboxylic acids is 2. The largest absolute Gasteiger partial charge is 0.462 e. The van der Waals surface area contributed by atoms with Crippen molar-refractivity contribution in [1.82, 2.24) is 5.32 Å². The van der Waals surface area contributed by atoms with Gasteiger partial charge in [0, 0.05) is 6.42 Å². The SMILES string of the molecule is CCCCCCCC/C=C\CCCCCC(=O)OC(CCCCCCCCCCC)CC(=O)NC(CO)C(O)CCCCCCCCCCCCC. The molecule has 0 aliphatic rings. The number of aliphatic hydroxyl groups is 2. The van der Waals surface area contributed by atoms with Crippen LogP contribution in [0.25, 0.3) is 0 Å². The first-order valence-electron chi connectivity index (χ1n) is 22.9. The Morgan fingerprint density at radius 2 is 0.923 bits per heavy atom. The van der Waals surface area contributed by atoms with Crippen LogP contribution in [-0.2, 0) is 14.3 Å². The highest BCUT2D eigenvalue weighted by molar-refractivity contribution is 5.77. The summed E-state index contributed by atoms with van der Waals surface area (Å²) in [6.07, 6.45) is 42.7. The van der Waals surface area contributed by atoms with Gasteiger partial charge in [-0.25, -0.2) is 0 Å². The van der Waals surface area contributed by atoms with Crippen LogP contribution in [0.3, 0.4) is 0 Å². The molecule has 0 aromatic heterocycles. The number of aliphatic hydroxyl groups excluding tert-OH is 2. The Labute approximate surface area is 323 Å². The molecular formula is C46H89NO5. The Morgan fingerprint density at radius 1 is 0.538 bits per heavy atom. The lowest BCUT2D eigenvalue weighted by atomic mass is 10.0. The minimum absolute atomic E-state index is 0.0772. The highest BCUT2D eigenvalue weighted by Crippen LogP contribution is 2.17. The fraction of sp³-hybridized carbons (Fsp3) is 0.913. The van der Waals surface area contributed by atoms with E-state index in [0.717, 1.165) is 51.4 Å². The third-order valence-electron chi connectivity index (χ3n) is 10.6. The normalized spacial score (nSPS) is 13.4. The first kappa shape index (κ1) is 50.6. The van der Waals surface area contributed by atoms with Crippen LogP contribution < -0.4 is 5.32 Å². The molecule has 6 nitrogen and oxygen atoms in total. The lowest BCUT2D eigenvalue weighted by Crippen LogP contribution is -2.46. The summed E-state index contributed by atoms with van der Waals surface area (Å²) in [6.45, 7) is 6.45. The van der Waals surface area contributed by atoms with Crippen molar-refractivity contribution in [3.8, 4) is 0 Å². The van der Waals surface area contributed by atoms with E-state index in [1.807, 2.05) is 0 Å². The van der Waals surface area contributed by atoms with Gasteiger partial charge in [0.2, 0.25) is 5.91 Å². The number of amides is 1. The summed E-state index contributed by atoms with van der Waals surface area (Å²) < 4.78 is 5.88. The maximum Gasteiger partial charge on any atom is 0.306 e. The van der Waals surface area contributed by atoms with E-state index >= 15 is 0 Å². The Bertz CT molecular complexity index is 787. The lowest BCUT2D eigenvalue weighted by Gasteiger charge is -2.24. The van der Waals surface area contributed by atoms with Gasteiger partial charge in [0.1, 0.15) is 6.10 Å². The number of unbranched alkanes of at least 4 members (excludes halogenated alkanes) is 27. The molecule has 0 rings (SSSR count). The molecule has 52 heavy (non-hydrogen) atoms. The topological polar surface area (TPSA) is 95.9 Å². The minimum Gasteiger partial charge on any atom is -0.462 e. The van der Waals surface area contributed by atoms with Gasteiger partial charge in [0.05, 0.1) is 25.2 Å². The van der Waals surface area contributed by atoms with Crippen LogP contribution in [0.1, 0.15) is 245 Å². The Kier molecular flexibility index (Phi) is 39.7. The van der Waals surface area contributed by atoms with Gasteiger partial charge >= 0.3 is 5.97 Å². The summed E-state index contributed by atoms with van der Waals surface area (Å²) in [4.78, 5) is 25.9. The zero-order valence-electron chi connectivity index (χ0n) is 35.0. The molecule has 0 aromatic carbocycles. The van der Waals surface area contributed by atoms with Gasteiger partial charge in [-0.2, -0.15) is 0 Å². The smallest absolute Gasteiger partial charge is 0.306 e. The molecule has 0 fully saturated rings. The minimum atomic E-state index is -0.781. The van der Waals surface area contributed by atoms with Crippen LogP contribution >= 0.6 is 0 Å². The second-order valence-corrected chi connectivity index (χ2v) is 15.8. The standard InChI is InChI=1S/C46H89NO5/c1-4-7-10-13-16-19-21-22-24-27-30-33-36-39-46(51)52-42(37-34-31-28-25-18-15-12-9-6-3)40-45(50)47-43(41-48)44(49)38-35-32-29-26-23-20-17-14-11-8-5-2/h22,24,42-44,48-49H,4-21,23,25-41H2,1-3H3,(H,47,50)/b24-22-. The monoisotopic (exact) mass is 736 g/mol. The highest BCUT2D eigenvalue weighted by atomic mass is 16.5. The Morgan fingerprint density at radius 3 is 1.37 bits per heavy atom. The van der Waals surface area contributed by atoms with E-state index < -0.39 is 18.2 Å². The number of nitrogens with one attached hydrogen (secondary N) is 1. The number of hydrogen-bond donors (Lipinski definition) is 3. The fourth-order valence-electron chi connectivity index (χ4n) is 7.07. The van der Waals surface area contributed by atoms with Crippen LogP contribution in [0.2, 0.25) is 0 Å². The Balaban J connectivity index is 4.53. The van der Waals surface area contributed by atoms with E-state index in [0.29, 0.717) is 19.3 Å². The van der Waals surface area contributed by atoms with E-state index in [1.54, 1.807) is 0 Å². The molecule has 0 heterocycles. The van der Waals surface area contributed by atoms with Gasteiger partial charge in [-0.3, -0.25) is 9.59 Å². The van der Waals surface area contributed by atoms with Crippen LogP contribution in [0.4, 0.5) is 0 Å². The van der Waals surface area contributed by atoms with E-state index in [2.05, 4.69) is 38.2 Å². The number of hydrogen-bond acceptors (Lipinski definition) is 5. The fourth-order valence-corrected chi connectivity index (χ4v) is 7.07. The first-order chi connectivity index (χ1) is 25.5. The number of carbonyl (C=O) groups is 2. The van der Waals surface area contributed by atoms with Gasteiger partial charge in [-0.15, -0.1) is 0 Å². The van der Waals surface area contributed by atoms with E-state index in [-0.39, 0.29) is 24.9 Å². The van der Waals surface area contributed by atoms with Crippen molar-refractivity contribution in [3.05, 3.63) is 12.2 Å². The lowest BCUT2D eigenvalue weighted by molar-refractivity contribution is -0.151. The van der Waals surface area contributed by atoms with Crippen molar-refractivity contribution >= 4 is 11.9 Å². The summed E-state index contributed by atoms with van der Waals surface area (Å²) in [5.41, 5.74) is 0. The second kappa shape index (κ2) is 40.8. The average Bonchev–Trinajstić information content (AvgIpc) is 3.13. The molecule has 308 valence electrons. The number of esters is 1. The molecule has 0 radical (unpaired) electrons. The molecule has 6 heteroatoms. The van der Waals surface area contributed by atoms with Crippen molar-refractivity contribution in [2.24, 2.45) is 0 Å². The number of rotatable bonds is 41. The molecular weight excluding hydrogens is 647 g/mol. The van der Waals surface area contributed by atoms with Crippen LogP contribution in [0.5, 0.6) is 0 Å². The molecule has 0 aliphatic carbocycles. The zero-order valence-corrected chi connectivity index (χ0v) is 35.0. The maximum atomic E-state index is 13.1. The Hall–Kier alpha value is -1.40. The summed E-state index contributed by atoms with van der Waals surface area (Å²) in [5.74, 6) is -0.485. The molecule has 0 aliphatic heterocycles. The zero-order chi connectivity index (χ0) is 38.2. The van der Waals surface area contributed by atoms with Crippen LogP contribution in [0.15, 0.2) is 12.2 Å². The third kappa shape index (κ3) is 35.6. The number of allylic oxidation sites excluding steroid dienone is 2. The van der Waals surface area contributed by atoms with Gasteiger partial charge in [-0.1, -0.05) is 193 Å². The molecule has 1 amide bonds. The van der Waals surface area contributed by atoms with Crippen LogP contribution in [0, 0.1) is 0 Å². The first-order valence-corrected chi connectivity index (χ1v) is 22.9. The molecule has 0 saturated heterocycles. The predicted molar refractivity (Wildman–Crippen MR) is 223 cm³/mol. The summed E-state index contributed by atoms with van der Waals surface area (Å²) in [6, 6.07) is -0.695. The van der Waals surface area contributed by atoms with Gasteiger partial charge in [0.15, 0.2) is 0 Å². The predicted octanol–water partition coefficient (Wildman–Crippen LogP) is 13.0. The molecule has 3 atom stereocenters.